The lowest BCUT2D eigenvalue weighted by molar-refractivity contribution is -0.137. The molecule has 0 N–H and O–H groups in total. The minimum atomic E-state index is -4.58. The van der Waals surface area contributed by atoms with E-state index in [2.05, 4.69) is 0 Å². The number of morpholine rings is 1. The molecule has 104 valence electrons. The van der Waals surface area contributed by atoms with Crippen LogP contribution in [0.4, 0.5) is 18.9 Å². The van der Waals surface area contributed by atoms with Crippen molar-refractivity contribution in [2.75, 3.05) is 24.6 Å². The second-order valence-corrected chi connectivity index (χ2v) is 4.27. The number of alkyl halides is 3. The van der Waals surface area contributed by atoms with Crippen LogP contribution in [0, 0.1) is 22.7 Å². The summed E-state index contributed by atoms with van der Waals surface area (Å²) < 4.78 is 43.8. The molecular weight excluding hydrogens is 271 g/mol. The number of ether oxygens (including phenoxy) is 1. The number of hydrogen-bond acceptors (Lipinski definition) is 4. The van der Waals surface area contributed by atoms with Gasteiger partial charge < -0.3 is 9.64 Å². The van der Waals surface area contributed by atoms with Crippen LogP contribution in [0.25, 0.3) is 0 Å². The summed E-state index contributed by atoms with van der Waals surface area (Å²) in [5, 5.41) is 17.5. The lowest BCUT2D eigenvalue weighted by atomic mass is 10.1. The molecule has 0 aliphatic carbocycles. The van der Waals surface area contributed by atoms with Gasteiger partial charge in [0, 0.05) is 12.2 Å². The molecule has 1 fully saturated rings. The number of anilines is 1. The summed E-state index contributed by atoms with van der Waals surface area (Å²) in [5.74, 6) is 0. The molecule has 1 aromatic rings. The molecule has 1 atom stereocenters. The molecule has 1 unspecified atom stereocenters. The van der Waals surface area contributed by atoms with Crippen LogP contribution in [0.2, 0.25) is 0 Å². The Morgan fingerprint density at radius 1 is 1.30 bits per heavy atom. The van der Waals surface area contributed by atoms with Crippen LogP contribution in [0.5, 0.6) is 0 Å². The Labute approximate surface area is 113 Å². The average Bonchev–Trinajstić information content (AvgIpc) is 2.45. The second kappa shape index (κ2) is 5.40. The third-order valence-electron chi connectivity index (χ3n) is 3.00. The van der Waals surface area contributed by atoms with E-state index >= 15 is 0 Å². The molecule has 4 nitrogen and oxygen atoms in total. The van der Waals surface area contributed by atoms with Gasteiger partial charge in [0.25, 0.3) is 0 Å². The highest BCUT2D eigenvalue weighted by Gasteiger charge is 2.34. The maximum atomic E-state index is 12.9. The van der Waals surface area contributed by atoms with Crippen molar-refractivity contribution in [2.24, 2.45) is 0 Å². The molecule has 0 bridgehead atoms. The van der Waals surface area contributed by atoms with Gasteiger partial charge in [0.15, 0.2) is 6.10 Å². The molecule has 0 radical (unpaired) electrons. The van der Waals surface area contributed by atoms with Crippen molar-refractivity contribution in [3.63, 3.8) is 0 Å². The van der Waals surface area contributed by atoms with Crippen molar-refractivity contribution < 1.29 is 17.9 Å². The third kappa shape index (κ3) is 2.84. The second-order valence-electron chi connectivity index (χ2n) is 4.27. The van der Waals surface area contributed by atoms with E-state index < -0.39 is 23.4 Å². The normalized spacial score (nSPS) is 19.2. The van der Waals surface area contributed by atoms with Crippen LogP contribution in [0.3, 0.4) is 0 Å². The van der Waals surface area contributed by atoms with Gasteiger partial charge in [-0.3, -0.25) is 0 Å². The first-order valence-corrected chi connectivity index (χ1v) is 5.83. The summed E-state index contributed by atoms with van der Waals surface area (Å²) in [5.41, 5.74) is -1.04. The van der Waals surface area contributed by atoms with E-state index in [0.29, 0.717) is 12.2 Å². The monoisotopic (exact) mass is 281 g/mol. The lowest BCUT2D eigenvalue weighted by Crippen LogP contribution is -2.41. The van der Waals surface area contributed by atoms with Crippen LogP contribution in [0.1, 0.15) is 11.1 Å². The van der Waals surface area contributed by atoms with Crippen LogP contribution in [0.15, 0.2) is 18.2 Å². The van der Waals surface area contributed by atoms with Crippen molar-refractivity contribution in [3.05, 3.63) is 29.3 Å². The van der Waals surface area contributed by atoms with Crippen molar-refractivity contribution in [3.8, 4) is 12.1 Å². The Bertz CT molecular complexity index is 586. The minimum Gasteiger partial charge on any atom is -0.366 e. The van der Waals surface area contributed by atoms with Gasteiger partial charge in [-0.1, -0.05) is 0 Å². The van der Waals surface area contributed by atoms with Gasteiger partial charge in [0.2, 0.25) is 0 Å². The molecule has 0 spiro atoms. The average molecular weight is 281 g/mol. The van der Waals surface area contributed by atoms with E-state index in [4.69, 9.17) is 15.3 Å². The SMILES string of the molecule is N#Cc1ccc(N2CCOC(C#N)C2)cc1C(F)(F)F. The van der Waals surface area contributed by atoms with Crippen molar-refractivity contribution >= 4 is 5.69 Å². The zero-order valence-electron chi connectivity index (χ0n) is 10.3. The first kappa shape index (κ1) is 14.2. The van der Waals surface area contributed by atoms with Crippen molar-refractivity contribution in [1.82, 2.24) is 0 Å². The molecule has 1 aromatic carbocycles. The quantitative estimate of drug-likeness (QED) is 0.792. The summed E-state index contributed by atoms with van der Waals surface area (Å²) in [7, 11) is 0. The molecule has 20 heavy (non-hydrogen) atoms. The molecular formula is C13H10F3N3O. The highest BCUT2D eigenvalue weighted by Crippen LogP contribution is 2.34. The molecule has 1 aliphatic rings. The van der Waals surface area contributed by atoms with Gasteiger partial charge in [0.1, 0.15) is 0 Å². The third-order valence-corrected chi connectivity index (χ3v) is 3.00. The Morgan fingerprint density at radius 3 is 2.65 bits per heavy atom. The number of hydrogen-bond donors (Lipinski definition) is 0. The fourth-order valence-corrected chi connectivity index (χ4v) is 2.02. The maximum Gasteiger partial charge on any atom is 0.417 e. The molecule has 1 saturated heterocycles. The minimum absolute atomic E-state index is 0.208. The number of nitriles is 2. The Hall–Kier alpha value is -2.25. The zero-order valence-corrected chi connectivity index (χ0v) is 10.3. The van der Waals surface area contributed by atoms with Crippen molar-refractivity contribution in [1.29, 1.82) is 10.5 Å². The summed E-state index contributed by atoms with van der Waals surface area (Å²) in [4.78, 5) is 1.65. The summed E-state index contributed by atoms with van der Waals surface area (Å²) >= 11 is 0. The van der Waals surface area contributed by atoms with E-state index in [0.717, 1.165) is 12.1 Å². The van der Waals surface area contributed by atoms with Crippen molar-refractivity contribution in [2.45, 2.75) is 12.3 Å². The fourth-order valence-electron chi connectivity index (χ4n) is 2.02. The Morgan fingerprint density at radius 2 is 2.05 bits per heavy atom. The van der Waals surface area contributed by atoms with Gasteiger partial charge in [-0.25, -0.2) is 0 Å². The first-order valence-electron chi connectivity index (χ1n) is 5.83. The summed E-state index contributed by atoms with van der Waals surface area (Å²) in [6.45, 7) is 0.890. The van der Waals surface area contributed by atoms with Gasteiger partial charge in [-0.15, -0.1) is 0 Å². The standard InChI is InChI=1S/C13H10F3N3O/c14-13(15,16)12-5-10(2-1-9(12)6-17)19-3-4-20-11(7-18)8-19/h1-2,5,11H,3-4,8H2. The van der Waals surface area contributed by atoms with E-state index in [-0.39, 0.29) is 13.2 Å². The van der Waals surface area contributed by atoms with Crippen LogP contribution in [-0.4, -0.2) is 25.8 Å². The number of benzene rings is 1. The highest BCUT2D eigenvalue weighted by atomic mass is 19.4. The first-order chi connectivity index (χ1) is 9.45. The Balaban J connectivity index is 2.35. The zero-order chi connectivity index (χ0) is 14.8. The van der Waals surface area contributed by atoms with Gasteiger partial charge in [-0.2, -0.15) is 23.7 Å². The maximum absolute atomic E-state index is 12.9. The number of nitrogens with zero attached hydrogens (tertiary/aromatic N) is 3. The Kier molecular flexibility index (Phi) is 3.82. The van der Waals surface area contributed by atoms with E-state index in [1.165, 1.54) is 12.1 Å². The molecule has 7 heteroatoms. The molecule has 0 amide bonds. The van der Waals surface area contributed by atoms with E-state index in [1.807, 2.05) is 6.07 Å². The molecule has 1 heterocycles. The smallest absolute Gasteiger partial charge is 0.366 e. The van der Waals surface area contributed by atoms with Gasteiger partial charge >= 0.3 is 6.18 Å². The summed E-state index contributed by atoms with van der Waals surface area (Å²) in [6, 6.07) is 7.01. The highest BCUT2D eigenvalue weighted by molar-refractivity contribution is 5.55. The molecule has 2 rings (SSSR count). The molecule has 0 saturated carbocycles. The topological polar surface area (TPSA) is 60.1 Å². The van der Waals surface area contributed by atoms with Gasteiger partial charge in [0.05, 0.1) is 36.4 Å². The summed E-state index contributed by atoms with van der Waals surface area (Å²) in [6.07, 6.45) is -5.24. The van der Waals surface area contributed by atoms with Crippen LogP contribution < -0.4 is 4.90 Å². The largest absolute Gasteiger partial charge is 0.417 e. The number of halogens is 3. The lowest BCUT2D eigenvalue weighted by Gasteiger charge is -2.32. The predicted molar refractivity (Wildman–Crippen MR) is 63.7 cm³/mol. The predicted octanol–water partition coefficient (Wildman–Crippen LogP) is 2.31. The molecule has 1 aliphatic heterocycles. The fraction of sp³-hybridized carbons (Fsp3) is 0.385. The molecule has 0 aromatic heterocycles. The van der Waals surface area contributed by atoms with Crippen LogP contribution >= 0.6 is 0 Å². The van der Waals surface area contributed by atoms with Gasteiger partial charge in [-0.05, 0) is 18.2 Å². The van der Waals surface area contributed by atoms with E-state index in [1.54, 1.807) is 4.90 Å². The van der Waals surface area contributed by atoms with Crippen LogP contribution in [-0.2, 0) is 10.9 Å². The van der Waals surface area contributed by atoms with E-state index in [9.17, 15) is 13.2 Å². The number of rotatable bonds is 1.